The van der Waals surface area contributed by atoms with Crippen LogP contribution in [0.2, 0.25) is 0 Å². The number of rotatable bonds is 5. The van der Waals surface area contributed by atoms with Crippen molar-refractivity contribution < 1.29 is 4.79 Å². The van der Waals surface area contributed by atoms with Crippen molar-refractivity contribution >= 4 is 17.4 Å². The van der Waals surface area contributed by atoms with Gasteiger partial charge < -0.3 is 15.0 Å². The highest BCUT2D eigenvalue weighted by atomic mass is 16.1. The molecule has 29 heavy (non-hydrogen) atoms. The molecule has 2 aromatic rings. The molecule has 5 heteroatoms. The zero-order chi connectivity index (χ0) is 20.1. The van der Waals surface area contributed by atoms with Crippen LogP contribution in [0.25, 0.3) is 11.1 Å². The zero-order valence-corrected chi connectivity index (χ0v) is 16.3. The molecule has 146 valence electrons. The van der Waals surface area contributed by atoms with Crippen LogP contribution in [0.5, 0.6) is 0 Å². The molecule has 1 unspecified atom stereocenters. The quantitative estimate of drug-likeness (QED) is 0.802. The van der Waals surface area contributed by atoms with E-state index in [9.17, 15) is 10.1 Å². The number of hydrogen-bond acceptors (Lipinski definition) is 5. The predicted octanol–water partition coefficient (Wildman–Crippen LogP) is 3.26. The summed E-state index contributed by atoms with van der Waals surface area (Å²) in [5, 5.41) is 13.0. The van der Waals surface area contributed by atoms with Gasteiger partial charge in [-0.15, -0.1) is 0 Å². The number of nitrogens with one attached hydrogen (secondary N) is 1. The number of piperidine rings is 1. The number of nitrogens with zero attached hydrogens (tertiary/aromatic N) is 3. The van der Waals surface area contributed by atoms with Crippen LogP contribution in [0.1, 0.15) is 29.7 Å². The molecule has 5 nitrogen and oxygen atoms in total. The average Bonchev–Trinajstić information content (AvgIpc) is 2.80. The molecule has 1 N–H and O–H groups in total. The average molecular weight is 384 g/mol. The largest absolute Gasteiger partial charge is 0.363 e. The van der Waals surface area contributed by atoms with E-state index in [1.54, 1.807) is 12.3 Å². The van der Waals surface area contributed by atoms with Gasteiger partial charge in [-0.05, 0) is 67.3 Å². The lowest BCUT2D eigenvalue weighted by molar-refractivity contribution is -0.110. The van der Waals surface area contributed by atoms with E-state index < -0.39 is 6.04 Å². The van der Waals surface area contributed by atoms with E-state index in [1.807, 2.05) is 42.5 Å². The van der Waals surface area contributed by atoms with Crippen molar-refractivity contribution in [1.29, 1.82) is 5.26 Å². The summed E-state index contributed by atoms with van der Waals surface area (Å²) in [6.07, 6.45) is 9.03. The molecule has 2 aliphatic heterocycles. The monoisotopic (exact) mass is 384 g/mol. The predicted molar refractivity (Wildman–Crippen MR) is 113 cm³/mol. The third-order valence-electron chi connectivity index (χ3n) is 5.67. The van der Waals surface area contributed by atoms with Crippen molar-refractivity contribution in [3.05, 3.63) is 77.8 Å². The Balaban J connectivity index is 1.77. The van der Waals surface area contributed by atoms with E-state index in [0.717, 1.165) is 61.2 Å². The Kier molecular flexibility index (Phi) is 5.83. The molecule has 1 fully saturated rings. The van der Waals surface area contributed by atoms with E-state index in [1.165, 1.54) is 0 Å². The molecule has 1 aromatic carbocycles. The molecule has 1 saturated heterocycles. The first-order valence-electron chi connectivity index (χ1n) is 10.1. The SMILES string of the molecule is N#Cc1ccccc1C1=CC(c2ccccn2)=CN(CC2CCNCC2)C1C=O. The molecular weight excluding hydrogens is 360 g/mol. The van der Waals surface area contributed by atoms with Gasteiger partial charge in [0.1, 0.15) is 12.3 Å². The summed E-state index contributed by atoms with van der Waals surface area (Å²) in [5.41, 5.74) is 4.06. The molecule has 2 aliphatic rings. The second-order valence-corrected chi connectivity index (χ2v) is 7.53. The Hall–Kier alpha value is -3.23. The molecule has 0 aliphatic carbocycles. The fourth-order valence-corrected chi connectivity index (χ4v) is 4.15. The molecule has 0 spiro atoms. The van der Waals surface area contributed by atoms with Gasteiger partial charge in [0, 0.05) is 24.5 Å². The van der Waals surface area contributed by atoms with Crippen molar-refractivity contribution in [2.24, 2.45) is 5.92 Å². The van der Waals surface area contributed by atoms with Crippen molar-refractivity contribution in [3.8, 4) is 6.07 Å². The highest BCUT2D eigenvalue weighted by Crippen LogP contribution is 2.34. The van der Waals surface area contributed by atoms with Gasteiger partial charge in [-0.2, -0.15) is 5.26 Å². The minimum absolute atomic E-state index is 0.410. The first kappa shape index (κ1) is 19.1. The number of pyridine rings is 1. The summed E-state index contributed by atoms with van der Waals surface area (Å²) in [4.78, 5) is 18.9. The molecule has 0 radical (unpaired) electrons. The zero-order valence-electron chi connectivity index (χ0n) is 16.3. The van der Waals surface area contributed by atoms with Crippen LogP contribution < -0.4 is 5.32 Å². The summed E-state index contributed by atoms with van der Waals surface area (Å²) in [5.74, 6) is 0.533. The first-order chi connectivity index (χ1) is 14.3. The van der Waals surface area contributed by atoms with Crippen LogP contribution in [0.4, 0.5) is 0 Å². The first-order valence-corrected chi connectivity index (χ1v) is 10.1. The summed E-state index contributed by atoms with van der Waals surface area (Å²) < 4.78 is 0. The summed E-state index contributed by atoms with van der Waals surface area (Å²) in [7, 11) is 0. The Labute approximate surface area is 171 Å². The smallest absolute Gasteiger partial charge is 0.146 e. The lowest BCUT2D eigenvalue weighted by atomic mass is 9.88. The molecule has 0 saturated carbocycles. The Bertz CT molecular complexity index is 968. The van der Waals surface area contributed by atoms with Gasteiger partial charge in [-0.1, -0.05) is 24.3 Å². The number of allylic oxidation sites excluding steroid dienone is 2. The molecular formula is C24H24N4O. The van der Waals surface area contributed by atoms with Crippen LogP contribution in [0.15, 0.2) is 60.9 Å². The molecule has 3 heterocycles. The lowest BCUT2D eigenvalue weighted by Gasteiger charge is -2.37. The van der Waals surface area contributed by atoms with Crippen LogP contribution in [-0.2, 0) is 4.79 Å². The van der Waals surface area contributed by atoms with Gasteiger partial charge in [-0.25, -0.2) is 0 Å². The van der Waals surface area contributed by atoms with Crippen molar-refractivity contribution in [2.45, 2.75) is 18.9 Å². The molecule has 1 aromatic heterocycles. The van der Waals surface area contributed by atoms with E-state index in [-0.39, 0.29) is 0 Å². The van der Waals surface area contributed by atoms with Crippen molar-refractivity contribution in [1.82, 2.24) is 15.2 Å². The van der Waals surface area contributed by atoms with Crippen LogP contribution in [0.3, 0.4) is 0 Å². The van der Waals surface area contributed by atoms with Crippen LogP contribution in [0, 0.1) is 17.2 Å². The number of nitriles is 1. The lowest BCUT2D eigenvalue weighted by Crippen LogP contribution is -2.41. The molecule has 1 atom stereocenters. The van der Waals surface area contributed by atoms with Gasteiger partial charge in [0.05, 0.1) is 17.3 Å². The summed E-state index contributed by atoms with van der Waals surface area (Å²) in [6.45, 7) is 2.84. The number of carbonyl (C=O) groups is 1. The number of aldehydes is 1. The van der Waals surface area contributed by atoms with Crippen LogP contribution >= 0.6 is 0 Å². The van der Waals surface area contributed by atoms with E-state index in [0.29, 0.717) is 11.5 Å². The topological polar surface area (TPSA) is 69.0 Å². The number of benzene rings is 1. The highest BCUT2D eigenvalue weighted by Gasteiger charge is 2.29. The van der Waals surface area contributed by atoms with E-state index in [4.69, 9.17) is 0 Å². The number of hydrogen-bond donors (Lipinski definition) is 1. The van der Waals surface area contributed by atoms with Gasteiger partial charge in [0.15, 0.2) is 0 Å². The fourth-order valence-electron chi connectivity index (χ4n) is 4.15. The Morgan fingerprint density at radius 2 is 1.97 bits per heavy atom. The normalized spacial score (nSPS) is 19.8. The van der Waals surface area contributed by atoms with Crippen molar-refractivity contribution in [2.75, 3.05) is 19.6 Å². The number of carbonyl (C=O) groups excluding carboxylic acids is 1. The molecule has 4 rings (SSSR count). The second kappa shape index (κ2) is 8.85. The Morgan fingerprint density at radius 1 is 1.17 bits per heavy atom. The van der Waals surface area contributed by atoms with Gasteiger partial charge in [-0.3, -0.25) is 4.98 Å². The van der Waals surface area contributed by atoms with Gasteiger partial charge in [0.25, 0.3) is 0 Å². The van der Waals surface area contributed by atoms with Gasteiger partial charge >= 0.3 is 0 Å². The standard InChI is InChI=1S/C24H24N4O/c25-14-19-5-1-2-6-21(19)22-13-20(23-7-3-4-10-27-23)16-28(24(22)17-29)15-18-8-11-26-12-9-18/h1-7,10,13,16-18,24,26H,8-9,11-12,15H2. The van der Waals surface area contributed by atoms with E-state index in [2.05, 4.69) is 27.5 Å². The second-order valence-electron chi connectivity index (χ2n) is 7.53. The minimum Gasteiger partial charge on any atom is -0.363 e. The maximum atomic E-state index is 12.2. The summed E-state index contributed by atoms with van der Waals surface area (Å²) >= 11 is 0. The van der Waals surface area contributed by atoms with Crippen LogP contribution in [-0.4, -0.2) is 41.8 Å². The summed E-state index contributed by atoms with van der Waals surface area (Å²) in [6, 6.07) is 15.2. The highest BCUT2D eigenvalue weighted by molar-refractivity contribution is 5.94. The Morgan fingerprint density at radius 3 is 2.69 bits per heavy atom. The van der Waals surface area contributed by atoms with Crippen molar-refractivity contribution in [3.63, 3.8) is 0 Å². The number of aromatic nitrogens is 1. The maximum Gasteiger partial charge on any atom is 0.146 e. The third kappa shape index (κ3) is 4.13. The molecule has 0 amide bonds. The maximum absolute atomic E-state index is 12.2. The molecule has 0 bridgehead atoms. The fraction of sp³-hybridized carbons (Fsp3) is 0.292. The van der Waals surface area contributed by atoms with Gasteiger partial charge in [0.2, 0.25) is 0 Å². The third-order valence-corrected chi connectivity index (χ3v) is 5.67. The minimum atomic E-state index is -0.410. The van der Waals surface area contributed by atoms with E-state index >= 15 is 0 Å².